The Morgan fingerprint density at radius 1 is 1.19 bits per heavy atom. The molecule has 0 bridgehead atoms. The maximum absolute atomic E-state index is 13.0. The van der Waals surface area contributed by atoms with E-state index in [0.717, 1.165) is 0 Å². The Bertz CT molecular complexity index is 794. The van der Waals surface area contributed by atoms with Crippen LogP contribution in [-0.4, -0.2) is 21.4 Å². The summed E-state index contributed by atoms with van der Waals surface area (Å²) >= 11 is 0. The lowest BCUT2D eigenvalue weighted by atomic mass is 10.3. The molecule has 0 saturated carbocycles. The lowest BCUT2D eigenvalue weighted by molar-refractivity contribution is -0.133. The van der Waals surface area contributed by atoms with E-state index in [1.807, 2.05) is 0 Å². The minimum atomic E-state index is -1.31. The zero-order chi connectivity index (χ0) is 15.4. The molecule has 0 saturated heterocycles. The van der Waals surface area contributed by atoms with Gasteiger partial charge in [-0.15, -0.1) is 0 Å². The number of carbonyl (C=O) groups is 2. The quantitative estimate of drug-likeness (QED) is 0.499. The van der Waals surface area contributed by atoms with E-state index >= 15 is 0 Å². The molecule has 0 fully saturated rings. The van der Waals surface area contributed by atoms with Gasteiger partial charge in [0, 0.05) is 0 Å². The molecule has 7 nitrogen and oxygen atoms in total. The number of nitrogens with one attached hydrogen (secondary N) is 1. The Balaban J connectivity index is 2.12. The number of halogens is 1. The van der Waals surface area contributed by atoms with E-state index in [1.165, 1.54) is 12.1 Å². The molecule has 0 aliphatic heterocycles. The molecule has 1 aromatic heterocycles. The third kappa shape index (κ3) is 3.50. The van der Waals surface area contributed by atoms with Crippen LogP contribution in [-0.2, 0) is 4.79 Å². The summed E-state index contributed by atoms with van der Waals surface area (Å²) < 4.78 is 18.2. The summed E-state index contributed by atoms with van der Waals surface area (Å²) in [6.45, 7) is 0. The van der Waals surface area contributed by atoms with Gasteiger partial charge < -0.3 is 4.74 Å². The number of esters is 1. The molecule has 8 heteroatoms. The van der Waals surface area contributed by atoms with Crippen molar-refractivity contribution in [1.29, 1.82) is 0 Å². The number of rotatable bonds is 3. The second-order valence-electron chi connectivity index (χ2n) is 3.96. The highest BCUT2D eigenvalue weighted by Crippen LogP contribution is 2.09. The van der Waals surface area contributed by atoms with Crippen molar-refractivity contribution in [2.75, 3.05) is 0 Å². The van der Waals surface area contributed by atoms with Crippen molar-refractivity contribution >= 4 is 11.9 Å². The Hall–Kier alpha value is -3.03. The molecule has 21 heavy (non-hydrogen) atoms. The van der Waals surface area contributed by atoms with E-state index < -0.39 is 35.4 Å². The predicted octanol–water partition coefficient (Wildman–Crippen LogP) is 0.312. The number of ether oxygens (including phenoxy) is 1. The molecule has 0 aliphatic carbocycles. The van der Waals surface area contributed by atoms with Crippen molar-refractivity contribution in [3.05, 3.63) is 63.2 Å². The number of H-pyrrole nitrogens is 1. The largest absolute Gasteiger partial charge is 0.426 e. The second-order valence-corrected chi connectivity index (χ2v) is 3.96. The highest BCUT2D eigenvalue weighted by Gasteiger charge is 2.16. The molecule has 0 radical (unpaired) electrons. The number of carbonyl (C=O) groups excluding carboxylic acids is 2. The maximum Gasteiger partial charge on any atom is 0.335 e. The summed E-state index contributed by atoms with van der Waals surface area (Å²) in [5.41, 5.74) is -2.37. The smallest absolute Gasteiger partial charge is 0.335 e. The van der Waals surface area contributed by atoms with Gasteiger partial charge in [0.2, 0.25) is 11.7 Å². The summed E-state index contributed by atoms with van der Waals surface area (Å²) in [5.74, 6) is -3.00. The van der Waals surface area contributed by atoms with Crippen molar-refractivity contribution in [3.8, 4) is 5.75 Å². The second kappa shape index (κ2) is 5.95. The molecule has 1 N–H and O–H groups in total. The molecule has 108 valence electrons. The van der Waals surface area contributed by atoms with Gasteiger partial charge in [0.15, 0.2) is 0 Å². The lowest BCUT2D eigenvalue weighted by Crippen LogP contribution is -2.36. The zero-order valence-electron chi connectivity index (χ0n) is 10.5. The number of nitrogens with zero attached hydrogens (tertiary/aromatic N) is 1. The van der Waals surface area contributed by atoms with Gasteiger partial charge in [-0.25, -0.2) is 9.36 Å². The summed E-state index contributed by atoms with van der Waals surface area (Å²) in [4.78, 5) is 47.0. The van der Waals surface area contributed by atoms with Crippen molar-refractivity contribution in [1.82, 2.24) is 9.55 Å². The fourth-order valence-electron chi connectivity index (χ4n) is 1.50. The van der Waals surface area contributed by atoms with Crippen LogP contribution in [0.15, 0.2) is 46.1 Å². The Morgan fingerprint density at radius 2 is 1.86 bits per heavy atom. The van der Waals surface area contributed by atoms with E-state index in [1.54, 1.807) is 23.2 Å². The summed E-state index contributed by atoms with van der Waals surface area (Å²) in [7, 11) is 0. The molecule has 1 heterocycles. The van der Waals surface area contributed by atoms with Gasteiger partial charge in [-0.05, 0) is 12.1 Å². The Labute approximate surface area is 116 Å². The van der Waals surface area contributed by atoms with Crippen LogP contribution in [0.5, 0.6) is 5.75 Å². The van der Waals surface area contributed by atoms with E-state index in [2.05, 4.69) is 0 Å². The number of aromatic nitrogens is 2. The van der Waals surface area contributed by atoms with Crippen molar-refractivity contribution in [2.24, 2.45) is 0 Å². The van der Waals surface area contributed by atoms with E-state index in [0.29, 0.717) is 10.8 Å². The molecular formula is C13H9FN2O5. The minimum absolute atomic E-state index is 0.232. The topological polar surface area (TPSA) is 98.2 Å². The van der Waals surface area contributed by atoms with Gasteiger partial charge in [0.05, 0.1) is 6.20 Å². The van der Waals surface area contributed by atoms with Crippen LogP contribution in [0.25, 0.3) is 0 Å². The third-order valence-electron chi connectivity index (χ3n) is 2.44. The van der Waals surface area contributed by atoms with Crippen molar-refractivity contribution in [3.63, 3.8) is 0 Å². The third-order valence-corrected chi connectivity index (χ3v) is 2.44. The number of para-hydroxylation sites is 1. The number of hydrogen-bond donors (Lipinski definition) is 1. The maximum atomic E-state index is 13.0. The SMILES string of the molecule is O=C(CC(=O)n1cc(F)c(=O)[nH]c1=O)Oc1ccccc1. The zero-order valence-corrected chi connectivity index (χ0v) is 10.5. The number of hydrogen-bond acceptors (Lipinski definition) is 5. The van der Waals surface area contributed by atoms with Crippen LogP contribution in [0, 0.1) is 5.82 Å². The molecule has 1 aromatic carbocycles. The van der Waals surface area contributed by atoms with E-state index in [4.69, 9.17) is 4.74 Å². The summed E-state index contributed by atoms with van der Waals surface area (Å²) in [6.07, 6.45) is -0.348. The predicted molar refractivity (Wildman–Crippen MR) is 68.6 cm³/mol. The van der Waals surface area contributed by atoms with Gasteiger partial charge in [0.25, 0.3) is 5.56 Å². The van der Waals surface area contributed by atoms with Crippen LogP contribution >= 0.6 is 0 Å². The molecule has 2 rings (SSSR count). The number of aromatic amines is 1. The van der Waals surface area contributed by atoms with Crippen LogP contribution in [0.4, 0.5) is 4.39 Å². The molecule has 2 aromatic rings. The van der Waals surface area contributed by atoms with Gasteiger partial charge in [-0.3, -0.25) is 19.4 Å². The molecule has 0 unspecified atom stereocenters. The van der Waals surface area contributed by atoms with E-state index in [9.17, 15) is 23.6 Å². The first-order valence-electron chi connectivity index (χ1n) is 5.78. The van der Waals surface area contributed by atoms with Gasteiger partial charge in [-0.1, -0.05) is 18.2 Å². The standard InChI is InChI=1S/C13H9FN2O5/c14-9-7-16(13(20)15-12(9)19)10(17)6-11(18)21-8-4-2-1-3-5-8/h1-5,7H,6H2,(H,15,19,20). The van der Waals surface area contributed by atoms with Gasteiger partial charge >= 0.3 is 11.7 Å². The highest BCUT2D eigenvalue weighted by molar-refractivity contribution is 5.96. The first-order chi connectivity index (χ1) is 9.97. The molecule has 0 spiro atoms. The fourth-order valence-corrected chi connectivity index (χ4v) is 1.50. The van der Waals surface area contributed by atoms with E-state index in [-0.39, 0.29) is 5.75 Å². The van der Waals surface area contributed by atoms with Crippen LogP contribution in [0.1, 0.15) is 11.2 Å². The normalized spacial score (nSPS) is 10.1. The minimum Gasteiger partial charge on any atom is -0.426 e. The molecule has 0 amide bonds. The van der Waals surface area contributed by atoms with Gasteiger partial charge in [0.1, 0.15) is 12.2 Å². The number of benzene rings is 1. The molecule has 0 atom stereocenters. The molecular weight excluding hydrogens is 283 g/mol. The first-order valence-corrected chi connectivity index (χ1v) is 5.78. The Morgan fingerprint density at radius 3 is 2.52 bits per heavy atom. The van der Waals surface area contributed by atoms with Crippen molar-refractivity contribution in [2.45, 2.75) is 6.42 Å². The Kier molecular flexibility index (Phi) is 4.07. The highest BCUT2D eigenvalue weighted by atomic mass is 19.1. The van der Waals surface area contributed by atoms with Gasteiger partial charge in [-0.2, -0.15) is 4.39 Å². The van der Waals surface area contributed by atoms with Crippen LogP contribution in [0.2, 0.25) is 0 Å². The average Bonchev–Trinajstić information content (AvgIpc) is 2.43. The summed E-state index contributed by atoms with van der Waals surface area (Å²) in [6, 6.07) is 7.99. The average molecular weight is 292 g/mol. The monoisotopic (exact) mass is 292 g/mol. The van der Waals surface area contributed by atoms with Crippen LogP contribution in [0.3, 0.4) is 0 Å². The van der Waals surface area contributed by atoms with Crippen LogP contribution < -0.4 is 16.0 Å². The van der Waals surface area contributed by atoms with Crippen molar-refractivity contribution < 1.29 is 18.7 Å². The fraction of sp³-hybridized carbons (Fsp3) is 0.0769. The molecule has 0 aliphatic rings. The summed E-state index contributed by atoms with van der Waals surface area (Å²) in [5, 5.41) is 0. The lowest BCUT2D eigenvalue weighted by Gasteiger charge is -2.05. The first kappa shape index (κ1) is 14.4.